The average Bonchev–Trinajstić information content (AvgIpc) is 3.34. The van der Waals surface area contributed by atoms with Crippen molar-refractivity contribution >= 4 is 27.6 Å². The largest absolute Gasteiger partial charge is 0.491 e. The van der Waals surface area contributed by atoms with Crippen molar-refractivity contribution in [1.29, 1.82) is 0 Å². The van der Waals surface area contributed by atoms with E-state index in [-0.39, 0.29) is 40.1 Å². The minimum atomic E-state index is -4.33. The number of carbonyl (C=O) groups is 1. The molecule has 3 atom stereocenters. The number of ether oxygens (including phenoxy) is 2. The Morgan fingerprint density at radius 2 is 2.03 bits per heavy atom. The number of nitrogens with zero attached hydrogens (tertiary/aromatic N) is 3. The maximum Gasteiger partial charge on any atom is 0.303 e. The van der Waals surface area contributed by atoms with E-state index in [9.17, 15) is 17.6 Å². The lowest BCUT2D eigenvalue weighted by Gasteiger charge is -2.36. The molecule has 4 rings (SSSR count). The number of sulfonamides is 1. The van der Waals surface area contributed by atoms with E-state index in [4.69, 9.17) is 21.1 Å². The topological polar surface area (TPSA) is 136 Å². The maximum atomic E-state index is 15.0. The first-order chi connectivity index (χ1) is 17.4. The molecule has 0 aliphatic carbocycles. The number of fused-ring (bicyclic) bond motifs is 1. The van der Waals surface area contributed by atoms with E-state index in [1.54, 1.807) is 26.8 Å². The number of rotatable bonds is 7. The molecule has 0 amide bonds. The Kier molecular flexibility index (Phi) is 7.28. The van der Waals surface area contributed by atoms with Gasteiger partial charge in [-0.2, -0.15) is 9.94 Å². The van der Waals surface area contributed by atoms with Crippen molar-refractivity contribution in [3.8, 4) is 5.75 Å². The Balaban J connectivity index is 1.81. The number of aromatic nitrogens is 4. The molecule has 2 heterocycles. The zero-order chi connectivity index (χ0) is 27.1. The molecule has 1 aromatic heterocycles. The summed E-state index contributed by atoms with van der Waals surface area (Å²) in [5.41, 5.74) is 0.925. The Labute approximate surface area is 218 Å². The highest BCUT2D eigenvalue weighted by Crippen LogP contribution is 2.47. The van der Waals surface area contributed by atoms with Crippen LogP contribution >= 0.6 is 11.6 Å². The third-order valence-corrected chi connectivity index (χ3v) is 8.47. The lowest BCUT2D eigenvalue weighted by molar-refractivity contribution is -0.159. The van der Waals surface area contributed by atoms with Crippen molar-refractivity contribution in [2.24, 2.45) is 0 Å². The number of nitrogens with one attached hydrogen (secondary N) is 2. The van der Waals surface area contributed by atoms with E-state index in [0.29, 0.717) is 11.1 Å². The lowest BCUT2D eigenvalue weighted by atomic mass is 9.88. The first-order valence-corrected chi connectivity index (χ1v) is 13.4. The lowest BCUT2D eigenvalue weighted by Crippen LogP contribution is -2.37. The molecule has 1 unspecified atom stereocenters. The van der Waals surface area contributed by atoms with Crippen LogP contribution in [0.2, 0.25) is 5.02 Å². The standard InChI is InChI=1S/C24H27ClFN5O5S/c1-12-6-8-17(26)19(13(12)2)14(3)21(23-27-30-31-28-23)29-37(33,34)18-9-7-16(25)20-22(18)35-11-10-24(20,5)36-15(4)32/h6-9,14,21,29H,10-11H2,1-5H3,(H,27,28,30,31)/t14-,21+,24?/m1/s1. The first kappa shape index (κ1) is 27.0. The summed E-state index contributed by atoms with van der Waals surface area (Å²) < 4.78 is 56.5. The SMILES string of the molecule is CC(=O)OC1(C)CCOc2c(S(=O)(=O)N[C@H](c3nn[nH]n3)[C@H](C)c3c(F)ccc(C)c3C)ccc(Cl)c21. The second-order valence-electron chi connectivity index (χ2n) is 9.23. The van der Waals surface area contributed by atoms with Crippen molar-refractivity contribution < 1.29 is 27.1 Å². The van der Waals surface area contributed by atoms with Crippen LogP contribution in [0.4, 0.5) is 4.39 Å². The summed E-state index contributed by atoms with van der Waals surface area (Å²) >= 11 is 6.44. The molecule has 0 saturated carbocycles. The molecular formula is C24H27ClFN5O5S. The molecule has 1 aliphatic rings. The fraction of sp³-hybridized carbons (Fsp3) is 0.417. The Bertz CT molecular complexity index is 1450. The molecule has 2 aromatic carbocycles. The van der Waals surface area contributed by atoms with E-state index >= 15 is 0 Å². The van der Waals surface area contributed by atoms with Gasteiger partial charge >= 0.3 is 5.97 Å². The summed E-state index contributed by atoms with van der Waals surface area (Å²) in [6.45, 7) is 8.30. The number of H-pyrrole nitrogens is 1. The highest BCUT2D eigenvalue weighted by Gasteiger charge is 2.42. The molecule has 0 saturated heterocycles. The van der Waals surface area contributed by atoms with Gasteiger partial charge in [-0.3, -0.25) is 4.79 Å². The van der Waals surface area contributed by atoms with Crippen molar-refractivity contribution in [2.45, 2.75) is 63.5 Å². The van der Waals surface area contributed by atoms with E-state index in [2.05, 4.69) is 25.3 Å². The van der Waals surface area contributed by atoms with Crippen LogP contribution in [-0.2, 0) is 25.2 Å². The predicted molar refractivity (Wildman–Crippen MR) is 132 cm³/mol. The van der Waals surface area contributed by atoms with Crippen LogP contribution in [0.15, 0.2) is 29.2 Å². The van der Waals surface area contributed by atoms with Gasteiger partial charge in [0.05, 0.1) is 23.2 Å². The third kappa shape index (κ3) is 5.05. The van der Waals surface area contributed by atoms with Crippen molar-refractivity contribution in [3.63, 3.8) is 0 Å². The number of aryl methyl sites for hydroxylation is 1. The number of aromatic amines is 1. The van der Waals surface area contributed by atoms with Crippen LogP contribution in [0.3, 0.4) is 0 Å². The van der Waals surface area contributed by atoms with Crippen LogP contribution in [0.5, 0.6) is 5.75 Å². The predicted octanol–water partition coefficient (Wildman–Crippen LogP) is 3.99. The number of esters is 1. The van der Waals surface area contributed by atoms with Crippen LogP contribution in [0.25, 0.3) is 0 Å². The molecule has 37 heavy (non-hydrogen) atoms. The van der Waals surface area contributed by atoms with Gasteiger partial charge in [-0.15, -0.1) is 10.2 Å². The van der Waals surface area contributed by atoms with E-state index < -0.39 is 39.4 Å². The Morgan fingerprint density at radius 1 is 1.30 bits per heavy atom. The molecule has 0 radical (unpaired) electrons. The van der Waals surface area contributed by atoms with Gasteiger partial charge in [0.2, 0.25) is 10.0 Å². The molecule has 2 N–H and O–H groups in total. The zero-order valence-corrected chi connectivity index (χ0v) is 22.5. The average molecular weight is 552 g/mol. The fourth-order valence-corrected chi connectivity index (χ4v) is 6.49. The Morgan fingerprint density at radius 3 is 2.68 bits per heavy atom. The maximum absolute atomic E-state index is 15.0. The van der Waals surface area contributed by atoms with Gasteiger partial charge in [0, 0.05) is 19.3 Å². The summed E-state index contributed by atoms with van der Waals surface area (Å²) in [5.74, 6) is -1.73. The summed E-state index contributed by atoms with van der Waals surface area (Å²) in [6, 6.07) is 4.62. The highest BCUT2D eigenvalue weighted by molar-refractivity contribution is 7.89. The smallest absolute Gasteiger partial charge is 0.303 e. The summed E-state index contributed by atoms with van der Waals surface area (Å²) in [7, 11) is -4.33. The molecule has 0 fully saturated rings. The monoisotopic (exact) mass is 551 g/mol. The van der Waals surface area contributed by atoms with Crippen LogP contribution in [0, 0.1) is 19.7 Å². The highest BCUT2D eigenvalue weighted by atomic mass is 35.5. The Hall–Kier alpha value is -3.09. The molecule has 13 heteroatoms. The van der Waals surface area contributed by atoms with Crippen LogP contribution in [0.1, 0.15) is 67.2 Å². The van der Waals surface area contributed by atoms with E-state index in [1.807, 2.05) is 6.92 Å². The van der Waals surface area contributed by atoms with Gasteiger partial charge in [0.15, 0.2) is 5.82 Å². The zero-order valence-electron chi connectivity index (χ0n) is 20.9. The number of carbonyl (C=O) groups excluding carboxylic acids is 1. The minimum absolute atomic E-state index is 0.0209. The van der Waals surface area contributed by atoms with Crippen LogP contribution in [-0.4, -0.2) is 41.6 Å². The number of tetrazole rings is 1. The van der Waals surface area contributed by atoms with Crippen molar-refractivity contribution in [3.05, 3.63) is 63.2 Å². The number of benzene rings is 2. The van der Waals surface area contributed by atoms with Gasteiger partial charge in [-0.05, 0) is 55.7 Å². The van der Waals surface area contributed by atoms with Gasteiger partial charge in [0.25, 0.3) is 0 Å². The summed E-state index contributed by atoms with van der Waals surface area (Å²) in [6.07, 6.45) is 0.282. The second kappa shape index (κ2) is 9.99. The number of hydrogen-bond donors (Lipinski definition) is 2. The molecule has 10 nitrogen and oxygen atoms in total. The van der Waals surface area contributed by atoms with E-state index in [0.717, 1.165) is 5.56 Å². The fourth-order valence-electron chi connectivity index (χ4n) is 4.72. The molecule has 1 aliphatic heterocycles. The normalized spacial score (nSPS) is 19.0. The van der Waals surface area contributed by atoms with Gasteiger partial charge < -0.3 is 9.47 Å². The van der Waals surface area contributed by atoms with Gasteiger partial charge in [-0.1, -0.05) is 29.8 Å². The molecule has 3 aromatic rings. The van der Waals surface area contributed by atoms with Crippen molar-refractivity contribution in [1.82, 2.24) is 25.3 Å². The molecular weight excluding hydrogens is 525 g/mol. The van der Waals surface area contributed by atoms with E-state index in [1.165, 1.54) is 25.1 Å². The first-order valence-electron chi connectivity index (χ1n) is 11.5. The second-order valence-corrected chi connectivity index (χ2v) is 11.3. The third-order valence-electron chi connectivity index (χ3n) is 6.69. The van der Waals surface area contributed by atoms with Gasteiger partial charge in [-0.25, -0.2) is 12.8 Å². The van der Waals surface area contributed by atoms with Gasteiger partial charge in [0.1, 0.15) is 22.1 Å². The molecule has 0 bridgehead atoms. The minimum Gasteiger partial charge on any atom is -0.491 e. The van der Waals surface area contributed by atoms with Crippen LogP contribution < -0.4 is 9.46 Å². The molecule has 0 spiro atoms. The summed E-state index contributed by atoms with van der Waals surface area (Å²) in [5, 5.41) is 14.0. The number of halogens is 2. The summed E-state index contributed by atoms with van der Waals surface area (Å²) in [4.78, 5) is 11.6. The van der Waals surface area contributed by atoms with Crippen molar-refractivity contribution in [2.75, 3.05) is 6.61 Å². The molecule has 198 valence electrons. The number of hydrogen-bond acceptors (Lipinski definition) is 8. The quantitative estimate of drug-likeness (QED) is 0.421.